The highest BCUT2D eigenvalue weighted by molar-refractivity contribution is 8.16. The number of carbonyl (C=O) groups is 2. The molecule has 1 N–H and O–H groups in total. The molecule has 0 aliphatic carbocycles. The molecule has 1 aliphatic heterocycles. The quantitative estimate of drug-likeness (QED) is 0.426. The molecule has 190 valence electrons. The van der Waals surface area contributed by atoms with Gasteiger partial charge in [-0.2, -0.15) is 4.31 Å². The molecular formula is C24H30N2O6S3. The summed E-state index contributed by atoms with van der Waals surface area (Å²) in [5.41, 5.74) is 1.52. The van der Waals surface area contributed by atoms with E-state index in [2.05, 4.69) is 5.32 Å². The number of anilines is 1. The highest BCUT2D eigenvalue weighted by Crippen LogP contribution is 2.43. The number of hydrogen-bond acceptors (Lipinski definition) is 8. The first-order valence-corrected chi connectivity index (χ1v) is 14.9. The van der Waals surface area contributed by atoms with Crippen molar-refractivity contribution in [2.45, 2.75) is 29.7 Å². The van der Waals surface area contributed by atoms with Gasteiger partial charge in [-0.1, -0.05) is 32.0 Å². The van der Waals surface area contributed by atoms with Crippen molar-refractivity contribution in [2.24, 2.45) is 0 Å². The molecule has 1 heterocycles. The first-order valence-electron chi connectivity index (χ1n) is 11.3. The van der Waals surface area contributed by atoms with Crippen LogP contribution in [0.1, 0.15) is 30.4 Å². The molecule has 8 nitrogen and oxygen atoms in total. The molecule has 1 aliphatic rings. The molecule has 35 heavy (non-hydrogen) atoms. The normalized spacial score (nSPS) is 14.5. The van der Waals surface area contributed by atoms with Gasteiger partial charge in [0.25, 0.3) is 5.91 Å². The van der Waals surface area contributed by atoms with E-state index in [0.717, 1.165) is 11.5 Å². The van der Waals surface area contributed by atoms with Crippen molar-refractivity contribution >= 4 is 51.1 Å². The van der Waals surface area contributed by atoms with Gasteiger partial charge < -0.3 is 14.8 Å². The lowest BCUT2D eigenvalue weighted by Crippen LogP contribution is -2.30. The Morgan fingerprint density at radius 3 is 2.37 bits per heavy atom. The number of carbonyl (C=O) groups excluding carboxylic acids is 2. The third-order valence-electron chi connectivity index (χ3n) is 5.16. The summed E-state index contributed by atoms with van der Waals surface area (Å²) in [5, 5.41) is 2.55. The van der Waals surface area contributed by atoms with E-state index in [9.17, 15) is 18.0 Å². The number of rotatable bonds is 11. The third kappa shape index (κ3) is 7.89. The number of nitrogens with one attached hydrogen (secondary N) is 1. The van der Waals surface area contributed by atoms with Crippen molar-refractivity contribution in [3.05, 3.63) is 54.1 Å². The Hall–Kier alpha value is -2.21. The topological polar surface area (TPSA) is 102 Å². The lowest BCUT2D eigenvalue weighted by atomic mass is 10.2. The molecule has 0 radical (unpaired) electrons. The lowest BCUT2D eigenvalue weighted by Gasteiger charge is -2.21. The molecule has 0 spiro atoms. The van der Waals surface area contributed by atoms with Crippen LogP contribution in [0.15, 0.2) is 53.4 Å². The number of nitrogens with zero attached hydrogens (tertiary/aromatic N) is 1. The van der Waals surface area contributed by atoms with Crippen LogP contribution < -0.4 is 10.1 Å². The van der Waals surface area contributed by atoms with Gasteiger partial charge in [-0.25, -0.2) is 13.2 Å². The Morgan fingerprint density at radius 1 is 1.03 bits per heavy atom. The summed E-state index contributed by atoms with van der Waals surface area (Å²) < 4.78 is 37.5. The summed E-state index contributed by atoms with van der Waals surface area (Å²) in [7, 11) is -3.65. The average molecular weight is 539 g/mol. The van der Waals surface area contributed by atoms with Crippen LogP contribution in [0.5, 0.6) is 5.75 Å². The number of hydrogen-bond donors (Lipinski definition) is 1. The molecule has 1 amide bonds. The highest BCUT2D eigenvalue weighted by atomic mass is 32.2. The second-order valence-electron chi connectivity index (χ2n) is 7.61. The fraction of sp³-hybridized carbons (Fsp3) is 0.417. The van der Waals surface area contributed by atoms with Crippen molar-refractivity contribution in [3.63, 3.8) is 0 Å². The fourth-order valence-electron chi connectivity index (χ4n) is 3.38. The zero-order valence-corrected chi connectivity index (χ0v) is 22.2. The van der Waals surface area contributed by atoms with Crippen molar-refractivity contribution in [1.82, 2.24) is 4.31 Å². The predicted octanol–water partition coefficient (Wildman–Crippen LogP) is 4.15. The van der Waals surface area contributed by atoms with Gasteiger partial charge in [0, 0.05) is 18.8 Å². The zero-order chi connectivity index (χ0) is 25.3. The van der Waals surface area contributed by atoms with Crippen LogP contribution in [0.4, 0.5) is 5.69 Å². The molecule has 3 rings (SSSR count). The number of esters is 1. The first-order chi connectivity index (χ1) is 16.8. The second-order valence-corrected chi connectivity index (χ2v) is 12.3. The highest BCUT2D eigenvalue weighted by Gasteiger charge is 2.22. The van der Waals surface area contributed by atoms with Gasteiger partial charge >= 0.3 is 5.97 Å². The number of thioether (sulfide) groups is 2. The number of sulfonamides is 1. The van der Waals surface area contributed by atoms with Gasteiger partial charge in [0.05, 0.1) is 9.48 Å². The van der Waals surface area contributed by atoms with Crippen molar-refractivity contribution < 1.29 is 27.5 Å². The van der Waals surface area contributed by atoms with Crippen LogP contribution in [0.3, 0.4) is 0 Å². The minimum atomic E-state index is -3.65. The van der Waals surface area contributed by atoms with Crippen molar-refractivity contribution in [3.8, 4) is 5.75 Å². The van der Waals surface area contributed by atoms with Gasteiger partial charge in [-0.05, 0) is 53.8 Å². The molecule has 11 heteroatoms. The largest absolute Gasteiger partial charge is 0.482 e. The Labute approximate surface area is 215 Å². The van der Waals surface area contributed by atoms with Gasteiger partial charge in [0.15, 0.2) is 13.2 Å². The Kier molecular flexibility index (Phi) is 10.3. The average Bonchev–Trinajstić information content (AvgIpc) is 2.88. The third-order valence-corrected chi connectivity index (χ3v) is 10.2. The van der Waals surface area contributed by atoms with Crippen LogP contribution in [0.25, 0.3) is 0 Å². The summed E-state index contributed by atoms with van der Waals surface area (Å²) >= 11 is 3.87. The van der Waals surface area contributed by atoms with Gasteiger partial charge in [0.1, 0.15) is 5.75 Å². The molecular weight excluding hydrogens is 508 g/mol. The molecule has 0 unspecified atom stereocenters. The van der Waals surface area contributed by atoms with Crippen molar-refractivity contribution in [2.75, 3.05) is 43.1 Å². The van der Waals surface area contributed by atoms with E-state index in [1.54, 1.807) is 26.0 Å². The Morgan fingerprint density at radius 2 is 1.71 bits per heavy atom. The van der Waals surface area contributed by atoms with Crippen LogP contribution >= 0.6 is 23.5 Å². The van der Waals surface area contributed by atoms with E-state index in [0.29, 0.717) is 29.1 Å². The van der Waals surface area contributed by atoms with Crippen LogP contribution in [0, 0.1) is 0 Å². The summed E-state index contributed by atoms with van der Waals surface area (Å²) in [6.45, 7) is 3.37. The standard InChI is InChI=1S/C24H30N2O6S3/c1-3-26(4-2)35(29,30)21-8-5-7-19(15-21)25-22(27)16-32-23(28)17-31-20-11-9-18(10-12-20)24-33-13-6-14-34-24/h5,7-12,15,24H,3-4,6,13-14,16-17H2,1-2H3,(H,25,27). The Balaban J connectivity index is 1.45. The maximum atomic E-state index is 12.7. The summed E-state index contributed by atoms with van der Waals surface area (Å²) in [6.07, 6.45) is 1.23. The molecule has 0 aromatic heterocycles. The molecule has 0 bridgehead atoms. The SMILES string of the molecule is CCN(CC)S(=O)(=O)c1cccc(NC(=O)COC(=O)COc2ccc(C3SCCCS3)cc2)c1. The van der Waals surface area contributed by atoms with Crippen LogP contribution in [-0.4, -0.2) is 62.4 Å². The van der Waals surface area contributed by atoms with E-state index in [-0.39, 0.29) is 11.5 Å². The molecule has 0 atom stereocenters. The summed E-state index contributed by atoms with van der Waals surface area (Å²) in [6, 6.07) is 13.6. The second kappa shape index (κ2) is 13.2. The van der Waals surface area contributed by atoms with E-state index in [1.165, 1.54) is 28.4 Å². The van der Waals surface area contributed by atoms with Crippen molar-refractivity contribution in [1.29, 1.82) is 0 Å². The number of amides is 1. The monoisotopic (exact) mass is 538 g/mol. The van der Waals surface area contributed by atoms with E-state index in [4.69, 9.17) is 9.47 Å². The van der Waals surface area contributed by atoms with Gasteiger partial charge in [-0.15, -0.1) is 23.5 Å². The summed E-state index contributed by atoms with van der Waals surface area (Å²) in [5.74, 6) is 1.61. The molecule has 2 aromatic rings. The Bertz CT molecular complexity index is 1100. The van der Waals surface area contributed by atoms with E-state index in [1.807, 2.05) is 47.8 Å². The smallest absolute Gasteiger partial charge is 0.344 e. The minimum Gasteiger partial charge on any atom is -0.482 e. The van der Waals surface area contributed by atoms with E-state index < -0.39 is 28.5 Å². The minimum absolute atomic E-state index is 0.0797. The maximum absolute atomic E-state index is 12.7. The maximum Gasteiger partial charge on any atom is 0.344 e. The van der Waals surface area contributed by atoms with Crippen LogP contribution in [0.2, 0.25) is 0 Å². The van der Waals surface area contributed by atoms with Gasteiger partial charge in [-0.3, -0.25) is 4.79 Å². The van der Waals surface area contributed by atoms with E-state index >= 15 is 0 Å². The molecule has 0 saturated carbocycles. The first kappa shape index (κ1) is 27.4. The number of benzene rings is 2. The lowest BCUT2D eigenvalue weighted by molar-refractivity contribution is -0.149. The predicted molar refractivity (Wildman–Crippen MR) is 140 cm³/mol. The molecule has 1 saturated heterocycles. The molecule has 1 fully saturated rings. The fourth-order valence-corrected chi connectivity index (χ4v) is 7.77. The zero-order valence-electron chi connectivity index (χ0n) is 19.8. The van der Waals surface area contributed by atoms with Gasteiger partial charge in [0.2, 0.25) is 10.0 Å². The molecule has 2 aromatic carbocycles. The summed E-state index contributed by atoms with van der Waals surface area (Å²) in [4.78, 5) is 24.3. The van der Waals surface area contributed by atoms with Crippen LogP contribution in [-0.2, 0) is 24.3 Å². The number of ether oxygens (including phenoxy) is 2.